The molecule has 2 fully saturated rings. The van der Waals surface area contributed by atoms with E-state index in [1.807, 2.05) is 9.58 Å². The van der Waals surface area contributed by atoms with Crippen molar-refractivity contribution in [2.75, 3.05) is 32.7 Å². The fraction of sp³-hybridized carbons (Fsp3) is 0.812. The van der Waals surface area contributed by atoms with Crippen LogP contribution in [0.3, 0.4) is 0 Å². The molecule has 7 nitrogen and oxygen atoms in total. The van der Waals surface area contributed by atoms with Crippen LogP contribution in [0.1, 0.15) is 43.8 Å². The van der Waals surface area contributed by atoms with Crippen LogP contribution in [0, 0.1) is 0 Å². The summed E-state index contributed by atoms with van der Waals surface area (Å²) in [5.74, 6) is 0.265. The quantitative estimate of drug-likeness (QED) is 0.825. The van der Waals surface area contributed by atoms with Gasteiger partial charge < -0.3 is 14.5 Å². The van der Waals surface area contributed by atoms with Crippen molar-refractivity contribution < 1.29 is 9.53 Å². The summed E-state index contributed by atoms with van der Waals surface area (Å²) in [5.41, 5.74) is 1.01. The Bertz CT molecular complexity index is 554. The number of carbonyl (C=O) groups excluding carboxylic acids is 1. The van der Waals surface area contributed by atoms with E-state index in [0.717, 1.165) is 38.3 Å². The second-order valence-electron chi connectivity index (χ2n) is 6.87. The normalized spacial score (nSPS) is 28.3. The molecule has 3 aliphatic heterocycles. The van der Waals surface area contributed by atoms with Crippen LogP contribution in [0.5, 0.6) is 0 Å². The van der Waals surface area contributed by atoms with Gasteiger partial charge in [-0.05, 0) is 32.4 Å². The van der Waals surface area contributed by atoms with E-state index >= 15 is 0 Å². The maximum atomic E-state index is 12.6. The Hall–Kier alpha value is -1.47. The highest BCUT2D eigenvalue weighted by Crippen LogP contribution is 2.30. The summed E-state index contributed by atoms with van der Waals surface area (Å²) in [4.78, 5) is 17.0. The number of piperidine rings is 2. The molecule has 4 heterocycles. The average molecular weight is 319 g/mol. The van der Waals surface area contributed by atoms with Gasteiger partial charge in [-0.1, -0.05) is 11.6 Å². The molecule has 2 unspecified atom stereocenters. The highest BCUT2D eigenvalue weighted by Gasteiger charge is 2.37. The first-order chi connectivity index (χ1) is 11.3. The van der Waals surface area contributed by atoms with Crippen molar-refractivity contribution in [2.45, 2.75) is 50.9 Å². The van der Waals surface area contributed by atoms with Crippen LogP contribution in [0.15, 0.2) is 6.20 Å². The van der Waals surface area contributed by atoms with Crippen LogP contribution in [-0.4, -0.2) is 69.5 Å². The van der Waals surface area contributed by atoms with Crippen molar-refractivity contribution in [1.82, 2.24) is 24.8 Å². The summed E-state index contributed by atoms with van der Waals surface area (Å²) < 4.78 is 7.86. The third kappa shape index (κ3) is 3.12. The largest absolute Gasteiger partial charge is 0.370 e. The maximum absolute atomic E-state index is 12.6. The summed E-state index contributed by atoms with van der Waals surface area (Å²) in [5, 5.41) is 8.18. The molecule has 1 amide bonds. The predicted octanol–water partition coefficient (Wildman–Crippen LogP) is 0.826. The minimum atomic E-state index is 0.119. The van der Waals surface area contributed by atoms with Crippen LogP contribution in [0.25, 0.3) is 0 Å². The van der Waals surface area contributed by atoms with Gasteiger partial charge in [-0.25, -0.2) is 4.68 Å². The Morgan fingerprint density at radius 1 is 1.26 bits per heavy atom. The molecule has 0 saturated carbocycles. The Balaban J connectivity index is 1.34. The number of hydrogen-bond acceptors (Lipinski definition) is 5. The molecule has 2 atom stereocenters. The summed E-state index contributed by atoms with van der Waals surface area (Å²) in [6.07, 6.45) is 7.31. The molecule has 2 saturated heterocycles. The standard InChI is InChI=1S/C16H25N5O2/c22-16(5-8-19-6-2-1-3-7-19)20-9-4-15-14(11-20)21-13(12-23-15)10-17-18-21/h10,14-15H,1-9,11-12H2. The van der Waals surface area contributed by atoms with E-state index in [1.165, 1.54) is 19.3 Å². The molecule has 1 aromatic heterocycles. The lowest BCUT2D eigenvalue weighted by Crippen LogP contribution is -2.50. The first-order valence-electron chi connectivity index (χ1n) is 8.82. The highest BCUT2D eigenvalue weighted by molar-refractivity contribution is 5.76. The third-order valence-electron chi connectivity index (χ3n) is 5.37. The van der Waals surface area contributed by atoms with E-state index in [1.54, 1.807) is 6.20 Å². The number of likely N-dealkylation sites (tertiary alicyclic amines) is 2. The molecule has 0 bridgehead atoms. The van der Waals surface area contributed by atoms with Gasteiger partial charge in [0.15, 0.2) is 0 Å². The van der Waals surface area contributed by atoms with Crippen LogP contribution in [0.2, 0.25) is 0 Å². The summed E-state index contributed by atoms with van der Waals surface area (Å²) in [7, 11) is 0. The summed E-state index contributed by atoms with van der Waals surface area (Å²) >= 11 is 0. The summed E-state index contributed by atoms with van der Waals surface area (Å²) in [6.45, 7) is 5.26. The van der Waals surface area contributed by atoms with Gasteiger partial charge in [0, 0.05) is 26.1 Å². The molecule has 7 heteroatoms. The lowest BCUT2D eigenvalue weighted by molar-refractivity contribution is -0.138. The minimum absolute atomic E-state index is 0.119. The van der Waals surface area contributed by atoms with Crippen molar-refractivity contribution in [3.05, 3.63) is 11.9 Å². The number of ether oxygens (including phenoxy) is 1. The monoisotopic (exact) mass is 319 g/mol. The number of amides is 1. The highest BCUT2D eigenvalue weighted by atomic mass is 16.5. The molecule has 0 aliphatic carbocycles. The zero-order chi connectivity index (χ0) is 15.6. The van der Waals surface area contributed by atoms with Crippen LogP contribution >= 0.6 is 0 Å². The number of carbonyl (C=O) groups is 1. The smallest absolute Gasteiger partial charge is 0.223 e. The zero-order valence-electron chi connectivity index (χ0n) is 13.6. The van der Waals surface area contributed by atoms with E-state index in [-0.39, 0.29) is 18.1 Å². The van der Waals surface area contributed by atoms with Gasteiger partial charge in [0.25, 0.3) is 0 Å². The third-order valence-corrected chi connectivity index (χ3v) is 5.37. The SMILES string of the molecule is O=C(CCN1CCCCC1)N1CCC2OCc3cnnn3C2C1. The lowest BCUT2D eigenvalue weighted by Gasteiger charge is -2.41. The lowest BCUT2D eigenvalue weighted by atomic mass is 10.00. The van der Waals surface area contributed by atoms with E-state index in [2.05, 4.69) is 15.2 Å². The van der Waals surface area contributed by atoms with Gasteiger partial charge in [-0.15, -0.1) is 5.10 Å². The molecule has 126 valence electrons. The number of fused-ring (bicyclic) bond motifs is 3. The van der Waals surface area contributed by atoms with Crippen LogP contribution in [0.4, 0.5) is 0 Å². The van der Waals surface area contributed by atoms with Crippen LogP contribution in [-0.2, 0) is 16.1 Å². The molecular weight excluding hydrogens is 294 g/mol. The van der Waals surface area contributed by atoms with Crippen molar-refractivity contribution in [1.29, 1.82) is 0 Å². The molecule has 23 heavy (non-hydrogen) atoms. The van der Waals surface area contributed by atoms with E-state index in [0.29, 0.717) is 19.6 Å². The first kappa shape index (κ1) is 15.1. The molecule has 0 radical (unpaired) electrons. The molecule has 0 N–H and O–H groups in total. The Morgan fingerprint density at radius 3 is 3.00 bits per heavy atom. The molecule has 0 spiro atoms. The average Bonchev–Trinajstić information content (AvgIpc) is 3.09. The Kier molecular flexibility index (Phi) is 4.31. The predicted molar refractivity (Wildman–Crippen MR) is 83.7 cm³/mol. The van der Waals surface area contributed by atoms with Crippen molar-refractivity contribution in [2.24, 2.45) is 0 Å². The van der Waals surface area contributed by atoms with Crippen molar-refractivity contribution in [3.63, 3.8) is 0 Å². The van der Waals surface area contributed by atoms with Gasteiger partial charge in [0.2, 0.25) is 5.91 Å². The summed E-state index contributed by atoms with van der Waals surface area (Å²) in [6, 6.07) is 0.119. The number of hydrogen-bond donors (Lipinski definition) is 0. The van der Waals surface area contributed by atoms with Gasteiger partial charge in [-0.2, -0.15) is 0 Å². The molecule has 4 rings (SSSR count). The number of aromatic nitrogens is 3. The maximum Gasteiger partial charge on any atom is 0.223 e. The zero-order valence-corrected chi connectivity index (χ0v) is 13.6. The van der Waals surface area contributed by atoms with E-state index < -0.39 is 0 Å². The number of nitrogens with zero attached hydrogens (tertiary/aromatic N) is 5. The molecule has 0 aromatic carbocycles. The molecular formula is C16H25N5O2. The van der Waals surface area contributed by atoms with Gasteiger partial charge >= 0.3 is 0 Å². The molecule has 3 aliphatic rings. The Morgan fingerprint density at radius 2 is 2.13 bits per heavy atom. The van der Waals surface area contributed by atoms with Crippen molar-refractivity contribution in [3.8, 4) is 0 Å². The topological polar surface area (TPSA) is 63.5 Å². The van der Waals surface area contributed by atoms with Gasteiger partial charge in [0.1, 0.15) is 0 Å². The second-order valence-corrected chi connectivity index (χ2v) is 6.87. The minimum Gasteiger partial charge on any atom is -0.370 e. The van der Waals surface area contributed by atoms with Crippen molar-refractivity contribution >= 4 is 5.91 Å². The van der Waals surface area contributed by atoms with E-state index in [9.17, 15) is 4.79 Å². The Labute approximate surface area is 136 Å². The number of rotatable bonds is 3. The van der Waals surface area contributed by atoms with E-state index in [4.69, 9.17) is 4.74 Å². The second kappa shape index (κ2) is 6.57. The fourth-order valence-corrected chi connectivity index (χ4v) is 4.00. The van der Waals surface area contributed by atoms with Gasteiger partial charge in [-0.3, -0.25) is 4.79 Å². The fourth-order valence-electron chi connectivity index (χ4n) is 4.00. The molecule has 1 aromatic rings. The van der Waals surface area contributed by atoms with Gasteiger partial charge in [0.05, 0.1) is 30.6 Å². The van der Waals surface area contributed by atoms with Crippen LogP contribution < -0.4 is 0 Å². The first-order valence-corrected chi connectivity index (χ1v) is 8.82.